The lowest BCUT2D eigenvalue weighted by molar-refractivity contribution is 0.0945. The van der Waals surface area contributed by atoms with E-state index < -0.39 is 0 Å². The Morgan fingerprint density at radius 2 is 2.29 bits per heavy atom. The number of rotatable bonds is 3. The van der Waals surface area contributed by atoms with Gasteiger partial charge in [0.25, 0.3) is 5.91 Å². The Balaban J connectivity index is 1.95. The molecule has 0 aliphatic rings. The van der Waals surface area contributed by atoms with E-state index >= 15 is 0 Å². The van der Waals surface area contributed by atoms with Crippen LogP contribution in [0.2, 0.25) is 0 Å². The Morgan fingerprint density at radius 3 is 2.88 bits per heavy atom. The van der Waals surface area contributed by atoms with E-state index in [1.54, 1.807) is 23.6 Å². The first-order chi connectivity index (χ1) is 8.15. The lowest BCUT2D eigenvalue weighted by Gasteiger charge is -2.01. The second-order valence-electron chi connectivity index (χ2n) is 3.37. The molecule has 2 aromatic heterocycles. The van der Waals surface area contributed by atoms with Crippen molar-refractivity contribution in [3.63, 3.8) is 0 Å². The van der Waals surface area contributed by atoms with Crippen LogP contribution in [0.4, 0.5) is 5.82 Å². The van der Waals surface area contributed by atoms with E-state index in [2.05, 4.69) is 20.5 Å². The molecule has 0 aromatic carbocycles. The number of nitrogen functional groups attached to an aromatic ring is 1. The fourth-order valence-electron chi connectivity index (χ4n) is 1.21. The molecule has 7 heteroatoms. The van der Waals surface area contributed by atoms with E-state index in [4.69, 9.17) is 5.73 Å². The van der Waals surface area contributed by atoms with Crippen LogP contribution >= 0.6 is 11.3 Å². The van der Waals surface area contributed by atoms with Gasteiger partial charge in [-0.3, -0.25) is 4.79 Å². The molecule has 17 heavy (non-hydrogen) atoms. The molecule has 2 rings (SSSR count). The second kappa shape index (κ2) is 4.88. The van der Waals surface area contributed by atoms with E-state index in [-0.39, 0.29) is 11.6 Å². The third-order valence-corrected chi connectivity index (χ3v) is 2.92. The number of hydrogen-bond acceptors (Lipinski definition) is 6. The minimum Gasteiger partial charge on any atom is -0.382 e. The number of carbonyl (C=O) groups excluding carboxylic acids is 1. The highest BCUT2D eigenvalue weighted by Crippen LogP contribution is 2.10. The summed E-state index contributed by atoms with van der Waals surface area (Å²) in [7, 11) is 0. The summed E-state index contributed by atoms with van der Waals surface area (Å²) in [6.45, 7) is 2.36. The van der Waals surface area contributed by atoms with Gasteiger partial charge in [0, 0.05) is 11.1 Å². The van der Waals surface area contributed by atoms with E-state index in [9.17, 15) is 4.79 Å². The Labute approximate surface area is 102 Å². The van der Waals surface area contributed by atoms with E-state index in [0.717, 1.165) is 9.88 Å². The van der Waals surface area contributed by atoms with E-state index in [1.165, 1.54) is 6.07 Å². The quantitative estimate of drug-likeness (QED) is 0.837. The summed E-state index contributed by atoms with van der Waals surface area (Å²) < 4.78 is 0. The lowest BCUT2D eigenvalue weighted by atomic mass is 10.3. The summed E-state index contributed by atoms with van der Waals surface area (Å²) in [5, 5.41) is 11.0. The minimum absolute atomic E-state index is 0.250. The van der Waals surface area contributed by atoms with Crippen molar-refractivity contribution in [1.29, 1.82) is 0 Å². The Hall–Kier alpha value is -2.02. The van der Waals surface area contributed by atoms with Crippen molar-refractivity contribution >= 4 is 23.1 Å². The van der Waals surface area contributed by atoms with Crippen LogP contribution in [0.3, 0.4) is 0 Å². The number of amides is 1. The number of nitrogens with two attached hydrogens (primary N) is 1. The number of anilines is 1. The van der Waals surface area contributed by atoms with Gasteiger partial charge in [-0.05, 0) is 19.1 Å². The molecule has 3 N–H and O–H groups in total. The van der Waals surface area contributed by atoms with Gasteiger partial charge in [0.2, 0.25) is 0 Å². The molecule has 0 saturated carbocycles. The van der Waals surface area contributed by atoms with Crippen molar-refractivity contribution in [2.75, 3.05) is 5.73 Å². The first kappa shape index (κ1) is 11.5. The summed E-state index contributed by atoms with van der Waals surface area (Å²) in [6.07, 6.45) is 1.74. The fraction of sp³-hybridized carbons (Fsp3) is 0.200. The van der Waals surface area contributed by atoms with Crippen LogP contribution in [0.15, 0.2) is 18.3 Å². The van der Waals surface area contributed by atoms with Crippen LogP contribution < -0.4 is 11.1 Å². The number of nitrogens with one attached hydrogen (secondary N) is 1. The number of nitrogens with zero attached hydrogens (tertiary/aromatic N) is 3. The smallest absolute Gasteiger partial charge is 0.272 e. The topological polar surface area (TPSA) is 93.8 Å². The molecule has 0 saturated heterocycles. The van der Waals surface area contributed by atoms with Gasteiger partial charge in [-0.25, -0.2) is 4.98 Å². The molecule has 0 radical (unpaired) electrons. The summed E-state index contributed by atoms with van der Waals surface area (Å²) in [6, 6.07) is 3.08. The molecule has 0 aliphatic carbocycles. The molecular weight excluding hydrogens is 238 g/mol. The van der Waals surface area contributed by atoms with Crippen LogP contribution in [0, 0.1) is 6.92 Å². The third kappa shape index (κ3) is 2.97. The molecule has 2 aromatic rings. The number of hydrogen-bond donors (Lipinski definition) is 2. The Kier molecular flexibility index (Phi) is 3.29. The Bertz CT molecular complexity index is 522. The zero-order chi connectivity index (χ0) is 12.3. The van der Waals surface area contributed by atoms with Crippen LogP contribution in [-0.2, 0) is 6.54 Å². The van der Waals surface area contributed by atoms with Gasteiger partial charge in [-0.15, -0.1) is 21.5 Å². The van der Waals surface area contributed by atoms with Gasteiger partial charge in [-0.1, -0.05) is 0 Å². The number of aromatic nitrogens is 3. The highest BCUT2D eigenvalue weighted by molar-refractivity contribution is 7.11. The van der Waals surface area contributed by atoms with Crippen molar-refractivity contribution < 1.29 is 4.79 Å². The normalized spacial score (nSPS) is 10.2. The summed E-state index contributed by atoms with van der Waals surface area (Å²) in [4.78, 5) is 16.8. The van der Waals surface area contributed by atoms with Crippen molar-refractivity contribution in [1.82, 2.24) is 20.5 Å². The van der Waals surface area contributed by atoms with Gasteiger partial charge in [0.15, 0.2) is 5.69 Å². The van der Waals surface area contributed by atoms with Crippen LogP contribution in [-0.4, -0.2) is 21.1 Å². The molecule has 0 atom stereocenters. The molecule has 0 aliphatic heterocycles. The summed E-state index contributed by atoms with van der Waals surface area (Å²) in [5.74, 6) is 0.0168. The first-order valence-corrected chi connectivity index (χ1v) is 5.75. The molecule has 88 valence electrons. The Morgan fingerprint density at radius 1 is 1.47 bits per heavy atom. The third-order valence-electron chi connectivity index (χ3n) is 2.01. The summed E-state index contributed by atoms with van der Waals surface area (Å²) >= 11 is 1.55. The number of aryl methyl sites for hydroxylation is 1. The van der Waals surface area contributed by atoms with Crippen molar-refractivity contribution in [2.24, 2.45) is 0 Å². The molecule has 0 bridgehead atoms. The molecular formula is C10H11N5OS. The van der Waals surface area contributed by atoms with Crippen LogP contribution in [0.1, 0.15) is 20.4 Å². The van der Waals surface area contributed by atoms with Gasteiger partial charge < -0.3 is 11.1 Å². The van der Waals surface area contributed by atoms with Crippen LogP contribution in [0.25, 0.3) is 0 Å². The molecule has 2 heterocycles. The predicted octanol–water partition coefficient (Wildman–Crippen LogP) is 0.754. The molecule has 6 nitrogen and oxygen atoms in total. The maximum absolute atomic E-state index is 11.7. The molecule has 0 unspecified atom stereocenters. The molecule has 1 amide bonds. The fourth-order valence-corrected chi connectivity index (χ4v) is 1.94. The highest BCUT2D eigenvalue weighted by Gasteiger charge is 2.08. The van der Waals surface area contributed by atoms with Gasteiger partial charge in [0.05, 0.1) is 11.6 Å². The van der Waals surface area contributed by atoms with E-state index in [1.807, 2.05) is 6.92 Å². The van der Waals surface area contributed by atoms with Crippen LogP contribution in [0.5, 0.6) is 0 Å². The summed E-state index contributed by atoms with van der Waals surface area (Å²) in [5.41, 5.74) is 5.63. The zero-order valence-electron chi connectivity index (χ0n) is 9.17. The van der Waals surface area contributed by atoms with Gasteiger partial charge in [-0.2, -0.15) is 0 Å². The van der Waals surface area contributed by atoms with Gasteiger partial charge >= 0.3 is 0 Å². The molecule has 0 spiro atoms. The van der Waals surface area contributed by atoms with Crippen molar-refractivity contribution in [3.8, 4) is 0 Å². The number of thiazole rings is 1. The first-order valence-electron chi connectivity index (χ1n) is 4.94. The average Bonchev–Trinajstić information content (AvgIpc) is 2.73. The lowest BCUT2D eigenvalue weighted by Crippen LogP contribution is -2.23. The standard InChI is InChI=1S/C10H11N5OS/c1-6-12-4-7(17-6)5-13-10(16)8-2-3-9(11)15-14-8/h2-4H,5H2,1H3,(H2,11,15)(H,13,16). The second-order valence-corrected chi connectivity index (χ2v) is 4.69. The average molecular weight is 249 g/mol. The van der Waals surface area contributed by atoms with Gasteiger partial charge in [0.1, 0.15) is 5.82 Å². The maximum Gasteiger partial charge on any atom is 0.272 e. The molecule has 0 fully saturated rings. The highest BCUT2D eigenvalue weighted by atomic mass is 32.1. The van der Waals surface area contributed by atoms with E-state index in [0.29, 0.717) is 12.4 Å². The minimum atomic E-state index is -0.274. The predicted molar refractivity (Wildman–Crippen MR) is 64.5 cm³/mol. The van der Waals surface area contributed by atoms with Crippen molar-refractivity contribution in [3.05, 3.63) is 33.9 Å². The number of carbonyl (C=O) groups is 1. The zero-order valence-corrected chi connectivity index (χ0v) is 9.99. The van der Waals surface area contributed by atoms with Crippen molar-refractivity contribution in [2.45, 2.75) is 13.5 Å². The maximum atomic E-state index is 11.7. The monoisotopic (exact) mass is 249 g/mol. The largest absolute Gasteiger partial charge is 0.382 e. The SMILES string of the molecule is Cc1ncc(CNC(=O)c2ccc(N)nn2)s1.